The number of carbonyl (C=O) groups excluding carboxylic acids is 9. The summed E-state index contributed by atoms with van der Waals surface area (Å²) in [5, 5.41) is 10.6. The van der Waals surface area contributed by atoms with E-state index in [9.17, 15) is 48.3 Å². The van der Waals surface area contributed by atoms with E-state index in [1.807, 2.05) is 76.2 Å². The number of fused-ring (bicyclic) bond motifs is 2. The van der Waals surface area contributed by atoms with Crippen molar-refractivity contribution in [3.63, 3.8) is 0 Å². The maximum atomic E-state index is 12.4. The van der Waals surface area contributed by atoms with Crippen LogP contribution >= 0.6 is 0 Å². The molecular formula is C74H114O19. The van der Waals surface area contributed by atoms with Gasteiger partial charge in [-0.2, -0.15) is 0 Å². The molecule has 93 heavy (non-hydrogen) atoms. The number of rotatable bonds is 21. The lowest BCUT2D eigenvalue weighted by Gasteiger charge is -2.59. The Morgan fingerprint density at radius 3 is 1.14 bits per heavy atom. The van der Waals surface area contributed by atoms with Crippen LogP contribution in [0.3, 0.4) is 0 Å². The van der Waals surface area contributed by atoms with E-state index in [1.54, 1.807) is 39.8 Å². The van der Waals surface area contributed by atoms with Crippen molar-refractivity contribution in [3.05, 3.63) is 25.3 Å². The molecule has 2 heterocycles. The smallest absolute Gasteiger partial charge is 0.345 e. The van der Waals surface area contributed by atoms with Crippen molar-refractivity contribution in [1.82, 2.24) is 0 Å². The molecule has 12 aliphatic rings. The van der Waals surface area contributed by atoms with Crippen molar-refractivity contribution in [1.29, 1.82) is 0 Å². The van der Waals surface area contributed by atoms with Crippen molar-refractivity contribution >= 4 is 53.7 Å². The van der Waals surface area contributed by atoms with E-state index in [4.69, 9.17) is 42.6 Å². The number of esters is 9. The van der Waals surface area contributed by atoms with Crippen LogP contribution < -0.4 is 0 Å². The predicted octanol–water partition coefficient (Wildman–Crippen LogP) is 12.9. The van der Waals surface area contributed by atoms with Gasteiger partial charge >= 0.3 is 53.7 Å². The summed E-state index contributed by atoms with van der Waals surface area (Å²) in [7, 11) is 0. The Kier molecular flexibility index (Phi) is 23.5. The molecule has 12 unspecified atom stereocenters. The van der Waals surface area contributed by atoms with Crippen molar-refractivity contribution in [2.45, 2.75) is 298 Å². The molecule has 2 aliphatic heterocycles. The number of aliphatic hydroxyl groups is 1. The van der Waals surface area contributed by atoms with Crippen LogP contribution in [0.15, 0.2) is 25.3 Å². The van der Waals surface area contributed by atoms with Gasteiger partial charge in [-0.15, -0.1) is 0 Å². The molecule has 2 saturated heterocycles. The van der Waals surface area contributed by atoms with Gasteiger partial charge in [0.2, 0.25) is 0 Å². The number of ether oxygens (including phenoxy) is 9. The van der Waals surface area contributed by atoms with Gasteiger partial charge in [-0.1, -0.05) is 47.8 Å². The van der Waals surface area contributed by atoms with Gasteiger partial charge in [0.25, 0.3) is 0 Å². The summed E-state index contributed by atoms with van der Waals surface area (Å²) in [6.07, 6.45) is 22.9. The van der Waals surface area contributed by atoms with Crippen LogP contribution in [0.25, 0.3) is 0 Å². The molecule has 12 rings (SSSR count). The molecular weight excluding hydrogens is 1190 g/mol. The fraction of sp³-hybridized carbons (Fsp3) is 0.824. The summed E-state index contributed by atoms with van der Waals surface area (Å²) in [4.78, 5) is 107. The highest BCUT2D eigenvalue weighted by Crippen LogP contribution is 2.60. The molecule has 0 spiro atoms. The Hall–Kier alpha value is -5.33. The molecule has 12 atom stereocenters. The Bertz CT molecular complexity index is 2600. The van der Waals surface area contributed by atoms with Crippen molar-refractivity contribution in [2.75, 3.05) is 13.2 Å². The van der Waals surface area contributed by atoms with Crippen LogP contribution in [0.4, 0.5) is 0 Å². The van der Waals surface area contributed by atoms with Gasteiger partial charge in [0.05, 0.1) is 44.5 Å². The summed E-state index contributed by atoms with van der Waals surface area (Å²) >= 11 is 0. The minimum absolute atomic E-state index is 0.0779. The van der Waals surface area contributed by atoms with E-state index in [0.29, 0.717) is 54.8 Å². The molecule has 19 nitrogen and oxygen atoms in total. The Balaban J connectivity index is 0.000000165. The van der Waals surface area contributed by atoms with Crippen molar-refractivity contribution < 1.29 is 90.9 Å². The van der Waals surface area contributed by atoms with E-state index in [2.05, 4.69) is 13.2 Å². The first kappa shape index (κ1) is 75.1. The Labute approximate surface area is 553 Å². The average molecular weight is 1310 g/mol. The highest BCUT2D eigenvalue weighted by Gasteiger charge is 2.65. The highest BCUT2D eigenvalue weighted by molar-refractivity contribution is 5.82. The zero-order valence-electron chi connectivity index (χ0n) is 59.0. The number of hydrogen-bond acceptors (Lipinski definition) is 19. The summed E-state index contributed by atoms with van der Waals surface area (Å²) in [6.45, 7) is 35.3. The van der Waals surface area contributed by atoms with E-state index in [-0.39, 0.29) is 96.9 Å². The van der Waals surface area contributed by atoms with Gasteiger partial charge in [-0.25, -0.2) is 9.59 Å². The first-order valence-electron chi connectivity index (χ1n) is 35.2. The topological polar surface area (TPSA) is 257 Å². The number of carbonyl (C=O) groups is 9. The third-order valence-electron chi connectivity index (χ3n) is 23.7. The van der Waals surface area contributed by atoms with Crippen molar-refractivity contribution in [2.24, 2.45) is 74.4 Å². The quantitative estimate of drug-likeness (QED) is 0.0636. The van der Waals surface area contributed by atoms with E-state index >= 15 is 0 Å². The molecule has 1 N–H and O–H groups in total. The van der Waals surface area contributed by atoms with Crippen LogP contribution in [0.5, 0.6) is 0 Å². The molecule has 0 aromatic carbocycles. The summed E-state index contributed by atoms with van der Waals surface area (Å²) in [5.74, 6) is 0.208. The normalized spacial score (nSPS) is 32.3. The van der Waals surface area contributed by atoms with Gasteiger partial charge in [-0.05, 0) is 234 Å². The fourth-order valence-electron chi connectivity index (χ4n) is 15.8. The second kappa shape index (κ2) is 29.2. The van der Waals surface area contributed by atoms with Gasteiger partial charge in [0.15, 0.2) is 13.2 Å². The monoisotopic (exact) mass is 1310 g/mol. The zero-order valence-corrected chi connectivity index (χ0v) is 59.0. The molecule has 0 radical (unpaired) electrons. The van der Waals surface area contributed by atoms with E-state index < -0.39 is 55.8 Å². The van der Waals surface area contributed by atoms with Gasteiger partial charge in [0.1, 0.15) is 41.2 Å². The Morgan fingerprint density at radius 2 is 0.817 bits per heavy atom. The number of hydrogen-bond donors (Lipinski definition) is 1. The maximum Gasteiger partial charge on any atom is 0.345 e. The molecule has 8 bridgehead atoms. The first-order chi connectivity index (χ1) is 43.3. The SMILES string of the molecule is C=CC1(OC(=O)COC(=O)C(C)(C)CC)CCCC1.C=CC1(OC(=O)COC(=O)C(C)(C)CC)CCCC1.CCC(C)(C)C(=O)OC12CC3CC(CC(O)(C3)C1)C2.CCC(C)(C)C(=O)OC1C2CC3C(=O)OC1C3C2.CCC(C)(C)C(=O)OC1C2CC3C(=O)OC1C3C2. The van der Waals surface area contributed by atoms with Gasteiger partial charge in [0, 0.05) is 30.1 Å². The average Bonchev–Trinajstić information content (AvgIpc) is 1.71. The first-order valence-corrected chi connectivity index (χ1v) is 35.2. The third kappa shape index (κ3) is 17.1. The van der Waals surface area contributed by atoms with E-state index in [0.717, 1.165) is 122 Å². The lowest BCUT2D eigenvalue weighted by atomic mass is 9.52. The summed E-state index contributed by atoms with van der Waals surface area (Å²) < 4.78 is 48.9. The molecule has 0 aromatic heterocycles. The predicted molar refractivity (Wildman–Crippen MR) is 345 cm³/mol. The molecule has 524 valence electrons. The zero-order chi connectivity index (χ0) is 69.1. The van der Waals surface area contributed by atoms with Crippen LogP contribution in [0.2, 0.25) is 0 Å². The lowest BCUT2D eigenvalue weighted by molar-refractivity contribution is -0.225. The van der Waals surface area contributed by atoms with Gasteiger partial charge in [-0.3, -0.25) is 33.6 Å². The molecule has 0 amide bonds. The molecule has 12 fully saturated rings. The Morgan fingerprint density at radius 1 is 0.484 bits per heavy atom. The second-order valence-corrected chi connectivity index (χ2v) is 32.5. The molecule has 0 aromatic rings. The van der Waals surface area contributed by atoms with E-state index in [1.165, 1.54) is 6.42 Å². The molecule has 10 aliphatic carbocycles. The molecule has 10 saturated carbocycles. The fourth-order valence-corrected chi connectivity index (χ4v) is 15.8. The standard InChI is InChI=1S/C16H26O3.2C15H24O4.2C14H20O4/c1-4-14(2,3)13(17)19-16-8-11-5-12(9-16)7-15(18,6-11)10-16;2*1-5-14(3,4)13(17)18-11-12(16)19-15(6-2)9-7-8-10-15;2*1-4-14(2,3)13(16)18-10-7-5-8-9(6-7)12(15)17-11(8)10/h11-12,18H,4-10H2,1-3H3;2*6H,2,5,7-11H2,1,3-4H3;2*7-11H,4-6H2,1-3H3. The lowest BCUT2D eigenvalue weighted by Crippen LogP contribution is -2.61. The maximum absolute atomic E-state index is 12.4. The highest BCUT2D eigenvalue weighted by atomic mass is 16.6. The van der Waals surface area contributed by atoms with Gasteiger partial charge < -0.3 is 47.7 Å². The van der Waals surface area contributed by atoms with Crippen LogP contribution in [0, 0.1) is 74.4 Å². The van der Waals surface area contributed by atoms with Crippen LogP contribution in [-0.4, -0.2) is 119 Å². The summed E-state index contributed by atoms with van der Waals surface area (Å²) in [6, 6.07) is 0. The second-order valence-electron chi connectivity index (χ2n) is 32.5. The largest absolute Gasteiger partial charge is 0.459 e. The third-order valence-corrected chi connectivity index (χ3v) is 23.7. The summed E-state index contributed by atoms with van der Waals surface area (Å²) in [5.41, 5.74) is -4.47. The molecule has 19 heteroatoms. The minimum atomic E-state index is -0.566. The van der Waals surface area contributed by atoms with Crippen LogP contribution in [-0.2, 0) is 85.8 Å². The minimum Gasteiger partial charge on any atom is -0.459 e. The van der Waals surface area contributed by atoms with Crippen LogP contribution in [0.1, 0.15) is 252 Å². The van der Waals surface area contributed by atoms with Crippen molar-refractivity contribution in [3.8, 4) is 0 Å².